The number of halogens is 1. The Balaban J connectivity index is 0.00000180. The van der Waals surface area contributed by atoms with Gasteiger partial charge in [-0.15, -0.1) is 12.4 Å². The van der Waals surface area contributed by atoms with Crippen molar-refractivity contribution in [2.75, 3.05) is 37.7 Å². The van der Waals surface area contributed by atoms with Crippen LogP contribution in [-0.2, 0) is 0 Å². The summed E-state index contributed by atoms with van der Waals surface area (Å²) in [7, 11) is 0. The molecule has 1 aliphatic rings. The molecule has 0 radical (unpaired) electrons. The van der Waals surface area contributed by atoms with E-state index in [0.29, 0.717) is 11.8 Å². The Bertz CT molecular complexity index is 347. The van der Waals surface area contributed by atoms with Gasteiger partial charge in [-0.05, 0) is 23.8 Å². The molecular formula is C15H25ClN2S. The van der Waals surface area contributed by atoms with Crippen LogP contribution in [0.5, 0.6) is 0 Å². The maximum atomic E-state index is 5.95. The molecule has 0 bridgehead atoms. The summed E-state index contributed by atoms with van der Waals surface area (Å²) in [6, 6.07) is 10.9. The van der Waals surface area contributed by atoms with Crippen LogP contribution in [0.25, 0.3) is 0 Å². The standard InChI is InChI=1S/C15H24N2S.ClH/c1-2-18-9-8-17-11-14(10-16)15(12-17)13-6-4-3-5-7-13;/h3-7,14-15H,2,8-12,16H2,1H3;1H/t14-,15+;/m1./s1. The summed E-state index contributed by atoms with van der Waals surface area (Å²) < 4.78 is 0. The predicted octanol–water partition coefficient (Wildman–Crippen LogP) is 2.84. The average molecular weight is 301 g/mol. The number of nitrogens with zero attached hydrogens (tertiary/aromatic N) is 1. The third-order valence-electron chi connectivity index (χ3n) is 3.80. The molecule has 4 heteroatoms. The van der Waals surface area contributed by atoms with E-state index < -0.39 is 0 Å². The zero-order valence-electron chi connectivity index (χ0n) is 11.6. The van der Waals surface area contributed by atoms with E-state index in [9.17, 15) is 0 Å². The number of hydrogen-bond donors (Lipinski definition) is 1. The summed E-state index contributed by atoms with van der Waals surface area (Å²) >= 11 is 2.03. The van der Waals surface area contributed by atoms with Gasteiger partial charge in [0.1, 0.15) is 0 Å². The molecule has 1 aromatic rings. The smallest absolute Gasteiger partial charge is 0.00727 e. The van der Waals surface area contributed by atoms with Gasteiger partial charge in [0.2, 0.25) is 0 Å². The summed E-state index contributed by atoms with van der Waals surface area (Å²) in [4.78, 5) is 2.58. The third kappa shape index (κ3) is 4.67. The Labute approximate surface area is 127 Å². The topological polar surface area (TPSA) is 29.3 Å². The Morgan fingerprint density at radius 1 is 1.26 bits per heavy atom. The molecule has 2 nitrogen and oxygen atoms in total. The molecule has 1 saturated heterocycles. The quantitative estimate of drug-likeness (QED) is 0.819. The first-order valence-corrected chi connectivity index (χ1v) is 8.05. The summed E-state index contributed by atoms with van der Waals surface area (Å²) in [5, 5.41) is 0. The second-order valence-electron chi connectivity index (χ2n) is 4.97. The van der Waals surface area contributed by atoms with Crippen LogP contribution < -0.4 is 5.73 Å². The molecule has 1 heterocycles. The molecule has 0 aliphatic carbocycles. The van der Waals surface area contributed by atoms with Gasteiger partial charge in [0.05, 0.1) is 0 Å². The monoisotopic (exact) mass is 300 g/mol. The van der Waals surface area contributed by atoms with Gasteiger partial charge in [0, 0.05) is 31.3 Å². The Hall–Kier alpha value is -0.220. The zero-order valence-corrected chi connectivity index (χ0v) is 13.3. The lowest BCUT2D eigenvalue weighted by atomic mass is 9.89. The average Bonchev–Trinajstić information content (AvgIpc) is 2.83. The summed E-state index contributed by atoms with van der Waals surface area (Å²) in [5.41, 5.74) is 7.40. The fourth-order valence-electron chi connectivity index (χ4n) is 2.80. The maximum absolute atomic E-state index is 5.95. The van der Waals surface area contributed by atoms with E-state index >= 15 is 0 Å². The minimum atomic E-state index is 0. The number of hydrogen-bond acceptors (Lipinski definition) is 3. The molecule has 0 unspecified atom stereocenters. The first-order valence-electron chi connectivity index (χ1n) is 6.90. The molecule has 2 atom stereocenters. The minimum Gasteiger partial charge on any atom is -0.330 e. The lowest BCUT2D eigenvalue weighted by molar-refractivity contribution is 0.345. The van der Waals surface area contributed by atoms with Crippen LogP contribution in [0.2, 0.25) is 0 Å². The fraction of sp³-hybridized carbons (Fsp3) is 0.600. The minimum absolute atomic E-state index is 0. The molecule has 1 aromatic carbocycles. The second kappa shape index (κ2) is 8.85. The van der Waals surface area contributed by atoms with Crippen molar-refractivity contribution in [2.24, 2.45) is 11.7 Å². The van der Waals surface area contributed by atoms with E-state index in [-0.39, 0.29) is 12.4 Å². The van der Waals surface area contributed by atoms with Crippen LogP contribution in [0.1, 0.15) is 18.4 Å². The van der Waals surface area contributed by atoms with E-state index in [1.54, 1.807) is 0 Å². The highest BCUT2D eigenvalue weighted by Gasteiger charge is 2.32. The highest BCUT2D eigenvalue weighted by molar-refractivity contribution is 7.99. The van der Waals surface area contributed by atoms with Gasteiger partial charge in [0.15, 0.2) is 0 Å². The second-order valence-corrected chi connectivity index (χ2v) is 6.36. The van der Waals surface area contributed by atoms with E-state index in [1.807, 2.05) is 11.8 Å². The Morgan fingerprint density at radius 2 is 2.00 bits per heavy atom. The van der Waals surface area contributed by atoms with Crippen LogP contribution in [0.4, 0.5) is 0 Å². The highest BCUT2D eigenvalue weighted by Crippen LogP contribution is 2.31. The lowest BCUT2D eigenvalue weighted by Crippen LogP contribution is -2.25. The predicted molar refractivity (Wildman–Crippen MR) is 88.4 cm³/mol. The van der Waals surface area contributed by atoms with Crippen molar-refractivity contribution in [3.05, 3.63) is 35.9 Å². The lowest BCUT2D eigenvalue weighted by Gasteiger charge is -2.16. The van der Waals surface area contributed by atoms with Crippen molar-refractivity contribution in [2.45, 2.75) is 12.8 Å². The van der Waals surface area contributed by atoms with Crippen molar-refractivity contribution in [3.8, 4) is 0 Å². The highest BCUT2D eigenvalue weighted by atomic mass is 35.5. The van der Waals surface area contributed by atoms with Gasteiger partial charge in [-0.3, -0.25) is 0 Å². The zero-order chi connectivity index (χ0) is 12.8. The van der Waals surface area contributed by atoms with Crippen LogP contribution in [0.3, 0.4) is 0 Å². The Kier molecular flexibility index (Phi) is 7.84. The van der Waals surface area contributed by atoms with Crippen molar-refractivity contribution >= 4 is 24.2 Å². The first kappa shape index (κ1) is 16.8. The van der Waals surface area contributed by atoms with E-state index in [2.05, 4.69) is 42.2 Å². The van der Waals surface area contributed by atoms with Crippen LogP contribution in [0.15, 0.2) is 30.3 Å². The summed E-state index contributed by atoms with van der Waals surface area (Å²) in [6.45, 7) is 6.58. The summed E-state index contributed by atoms with van der Waals surface area (Å²) in [5.74, 6) is 3.72. The molecule has 2 rings (SSSR count). The third-order valence-corrected chi connectivity index (χ3v) is 4.68. The van der Waals surface area contributed by atoms with Crippen molar-refractivity contribution in [1.82, 2.24) is 4.90 Å². The van der Waals surface area contributed by atoms with Crippen molar-refractivity contribution < 1.29 is 0 Å². The maximum Gasteiger partial charge on any atom is 0.00727 e. The molecule has 108 valence electrons. The van der Waals surface area contributed by atoms with Crippen LogP contribution >= 0.6 is 24.2 Å². The number of likely N-dealkylation sites (tertiary alicyclic amines) is 1. The number of thioether (sulfide) groups is 1. The molecule has 0 aromatic heterocycles. The van der Waals surface area contributed by atoms with Gasteiger partial charge in [-0.25, -0.2) is 0 Å². The van der Waals surface area contributed by atoms with E-state index in [1.165, 1.54) is 36.7 Å². The summed E-state index contributed by atoms with van der Waals surface area (Å²) in [6.07, 6.45) is 0. The van der Waals surface area contributed by atoms with Crippen molar-refractivity contribution in [1.29, 1.82) is 0 Å². The molecule has 1 fully saturated rings. The molecule has 0 amide bonds. The van der Waals surface area contributed by atoms with Crippen LogP contribution in [-0.4, -0.2) is 42.6 Å². The van der Waals surface area contributed by atoms with Gasteiger partial charge >= 0.3 is 0 Å². The molecule has 2 N–H and O–H groups in total. The van der Waals surface area contributed by atoms with Gasteiger partial charge < -0.3 is 10.6 Å². The van der Waals surface area contributed by atoms with Gasteiger partial charge in [-0.2, -0.15) is 11.8 Å². The van der Waals surface area contributed by atoms with Gasteiger partial charge in [0.25, 0.3) is 0 Å². The largest absolute Gasteiger partial charge is 0.330 e. The van der Waals surface area contributed by atoms with E-state index in [4.69, 9.17) is 5.73 Å². The SMILES string of the molecule is CCSCCN1C[C@@H](CN)[C@H](c2ccccc2)C1.Cl. The number of rotatable bonds is 6. The molecule has 19 heavy (non-hydrogen) atoms. The number of nitrogens with two attached hydrogens (primary N) is 1. The van der Waals surface area contributed by atoms with Crippen molar-refractivity contribution in [3.63, 3.8) is 0 Å². The normalized spacial score (nSPS) is 23.3. The fourth-order valence-corrected chi connectivity index (χ4v) is 3.47. The Morgan fingerprint density at radius 3 is 2.63 bits per heavy atom. The molecule has 0 saturated carbocycles. The van der Waals surface area contributed by atoms with Gasteiger partial charge in [-0.1, -0.05) is 37.3 Å². The molecular weight excluding hydrogens is 276 g/mol. The molecule has 0 spiro atoms. The first-order chi connectivity index (χ1) is 8.85. The van der Waals surface area contributed by atoms with E-state index in [0.717, 1.165) is 6.54 Å². The molecule has 1 aliphatic heterocycles. The van der Waals surface area contributed by atoms with Crippen LogP contribution in [0, 0.1) is 5.92 Å². The number of benzene rings is 1.